The highest BCUT2D eigenvalue weighted by Gasteiger charge is 2.72. The molecule has 1 saturated carbocycles. The molecule has 0 radical (unpaired) electrons. The number of anilines is 1. The molecule has 1 aromatic rings. The van der Waals surface area contributed by atoms with Crippen molar-refractivity contribution in [2.75, 3.05) is 25.6 Å². The first-order valence-corrected chi connectivity index (χ1v) is 13.3. The van der Waals surface area contributed by atoms with Crippen molar-refractivity contribution >= 4 is 35.0 Å². The second-order valence-corrected chi connectivity index (χ2v) is 10.8. The summed E-state index contributed by atoms with van der Waals surface area (Å²) < 4.78 is 11.6. The Bertz CT molecular complexity index is 1070. The van der Waals surface area contributed by atoms with Crippen molar-refractivity contribution in [3.63, 3.8) is 0 Å². The Balaban J connectivity index is 1.41. The lowest BCUT2D eigenvalue weighted by atomic mass is 9.74. The van der Waals surface area contributed by atoms with Crippen LogP contribution in [0.1, 0.15) is 44.1 Å². The third-order valence-electron chi connectivity index (χ3n) is 8.06. The monoisotopic (exact) mass is 515 g/mol. The summed E-state index contributed by atoms with van der Waals surface area (Å²) >= 11 is 6.24. The van der Waals surface area contributed by atoms with Crippen molar-refractivity contribution in [2.45, 2.75) is 69.2 Å². The van der Waals surface area contributed by atoms with Crippen molar-refractivity contribution in [3.05, 3.63) is 40.9 Å². The van der Waals surface area contributed by atoms with Crippen molar-refractivity contribution in [1.82, 2.24) is 10.2 Å². The molecule has 5 atom stereocenters. The van der Waals surface area contributed by atoms with Crippen LogP contribution in [-0.4, -0.2) is 66.7 Å². The molecule has 0 aromatic heterocycles. The van der Waals surface area contributed by atoms with Gasteiger partial charge >= 0.3 is 0 Å². The highest BCUT2D eigenvalue weighted by atomic mass is 35.5. The van der Waals surface area contributed by atoms with E-state index in [0.717, 1.165) is 31.2 Å². The molecule has 3 fully saturated rings. The smallest absolute Gasteiger partial charge is 0.246 e. The third kappa shape index (κ3) is 4.33. The average molecular weight is 516 g/mol. The summed E-state index contributed by atoms with van der Waals surface area (Å²) in [7, 11) is 1.61. The molecule has 3 amide bonds. The molecule has 1 aromatic carbocycles. The van der Waals surface area contributed by atoms with Gasteiger partial charge < -0.3 is 25.0 Å². The lowest BCUT2D eigenvalue weighted by Crippen LogP contribution is -2.56. The van der Waals surface area contributed by atoms with E-state index in [9.17, 15) is 14.4 Å². The van der Waals surface area contributed by atoms with Crippen LogP contribution >= 0.6 is 11.6 Å². The fourth-order valence-corrected chi connectivity index (χ4v) is 6.49. The normalized spacial score (nSPS) is 31.1. The van der Waals surface area contributed by atoms with Crippen LogP contribution in [0.4, 0.5) is 5.69 Å². The SMILES string of the molecule is COCCCN1C(=O)[C@@H]2[C@@H](C(=O)Nc3ccc(C)c(Cl)c3)[C@@H]3C=C[C@@]2(O3)[C@H]1C(=O)NC1CCCCC1. The second-order valence-electron chi connectivity index (χ2n) is 10.4. The molecule has 8 nitrogen and oxygen atoms in total. The van der Waals surface area contributed by atoms with Gasteiger partial charge in [-0.1, -0.05) is 49.1 Å². The maximum atomic E-state index is 13.8. The number of likely N-dealkylation sites (tertiary alicyclic amines) is 1. The topological polar surface area (TPSA) is 97.0 Å². The molecule has 0 unspecified atom stereocenters. The predicted molar refractivity (Wildman–Crippen MR) is 136 cm³/mol. The van der Waals surface area contributed by atoms with E-state index in [1.165, 1.54) is 6.42 Å². The van der Waals surface area contributed by atoms with Crippen LogP contribution in [-0.2, 0) is 23.9 Å². The standard InChI is InChI=1S/C27H34ClN3O5/c1-16-9-10-18(15-19(16)28)30-24(32)21-20-11-12-27(36-20)22(21)26(34)31(13-6-14-35-2)23(27)25(33)29-17-7-4-3-5-8-17/h9-12,15,17,20-23H,3-8,13-14H2,1-2H3,(H,29,33)(H,30,32)/t20-,21-,22-,23+,27-/m0/s1. The van der Waals surface area contributed by atoms with Gasteiger partial charge in [-0.25, -0.2) is 0 Å². The number of halogens is 1. The maximum absolute atomic E-state index is 13.8. The second kappa shape index (κ2) is 10.1. The van der Waals surface area contributed by atoms with Crippen molar-refractivity contribution < 1.29 is 23.9 Å². The molecular formula is C27H34ClN3O5. The molecule has 36 heavy (non-hydrogen) atoms. The Labute approximate surface area is 216 Å². The fourth-order valence-electron chi connectivity index (χ4n) is 6.31. The van der Waals surface area contributed by atoms with Crippen molar-refractivity contribution in [1.29, 1.82) is 0 Å². The Hall–Kier alpha value is -2.42. The number of hydrogen-bond donors (Lipinski definition) is 2. The quantitative estimate of drug-likeness (QED) is 0.409. The number of rotatable bonds is 8. The number of amides is 3. The highest BCUT2D eigenvalue weighted by Crippen LogP contribution is 2.55. The number of carbonyl (C=O) groups excluding carboxylic acids is 3. The zero-order valence-electron chi connectivity index (χ0n) is 20.8. The van der Waals surface area contributed by atoms with Crippen LogP contribution in [0.5, 0.6) is 0 Å². The summed E-state index contributed by atoms with van der Waals surface area (Å²) in [6.45, 7) is 2.72. The highest BCUT2D eigenvalue weighted by molar-refractivity contribution is 6.31. The predicted octanol–water partition coefficient (Wildman–Crippen LogP) is 3.22. The third-order valence-corrected chi connectivity index (χ3v) is 8.47. The lowest BCUT2D eigenvalue weighted by molar-refractivity contribution is -0.141. The van der Waals surface area contributed by atoms with E-state index in [4.69, 9.17) is 21.1 Å². The van der Waals surface area contributed by atoms with Crippen molar-refractivity contribution in [2.24, 2.45) is 11.8 Å². The average Bonchev–Trinajstić information content (AvgIpc) is 3.50. The number of aryl methyl sites for hydroxylation is 1. The number of hydrogen-bond acceptors (Lipinski definition) is 5. The van der Waals surface area contributed by atoms with Gasteiger partial charge in [0.05, 0.1) is 17.9 Å². The van der Waals surface area contributed by atoms with Gasteiger partial charge in [0.15, 0.2) is 0 Å². The van der Waals surface area contributed by atoms with Gasteiger partial charge in [-0.15, -0.1) is 0 Å². The number of ether oxygens (including phenoxy) is 2. The van der Waals surface area contributed by atoms with Gasteiger partial charge in [-0.3, -0.25) is 14.4 Å². The van der Waals surface area contributed by atoms with E-state index in [-0.39, 0.29) is 23.8 Å². The minimum absolute atomic E-state index is 0.102. The van der Waals surface area contributed by atoms with Crippen LogP contribution in [0, 0.1) is 18.8 Å². The number of benzene rings is 1. The molecule has 4 aliphatic rings. The van der Waals surface area contributed by atoms with E-state index < -0.39 is 29.6 Å². The summed E-state index contributed by atoms with van der Waals surface area (Å²) in [5.74, 6) is -2.23. The first-order valence-electron chi connectivity index (χ1n) is 12.9. The number of fused-ring (bicyclic) bond motifs is 1. The molecule has 9 heteroatoms. The van der Waals surface area contributed by atoms with Gasteiger partial charge in [0.25, 0.3) is 0 Å². The van der Waals surface area contributed by atoms with E-state index in [1.54, 1.807) is 24.1 Å². The van der Waals surface area contributed by atoms with E-state index in [2.05, 4.69) is 10.6 Å². The molecule has 1 aliphatic carbocycles. The van der Waals surface area contributed by atoms with E-state index >= 15 is 0 Å². The molecular weight excluding hydrogens is 482 g/mol. The summed E-state index contributed by atoms with van der Waals surface area (Å²) in [6.07, 6.45) is 8.93. The zero-order chi connectivity index (χ0) is 25.4. The van der Waals surface area contributed by atoms with Gasteiger partial charge in [0.1, 0.15) is 11.6 Å². The number of methoxy groups -OCH3 is 1. The zero-order valence-corrected chi connectivity index (χ0v) is 21.6. The minimum Gasteiger partial charge on any atom is -0.385 e. The van der Waals surface area contributed by atoms with Crippen LogP contribution in [0.3, 0.4) is 0 Å². The number of nitrogens with one attached hydrogen (secondary N) is 2. The summed E-state index contributed by atoms with van der Waals surface area (Å²) in [5, 5.41) is 6.66. The molecule has 2 N–H and O–H groups in total. The van der Waals surface area contributed by atoms with Gasteiger partial charge in [-0.05, 0) is 43.9 Å². The summed E-state index contributed by atoms with van der Waals surface area (Å²) in [4.78, 5) is 42.6. The fraction of sp³-hybridized carbons (Fsp3) is 0.593. The Morgan fingerprint density at radius 2 is 2.00 bits per heavy atom. The van der Waals surface area contributed by atoms with Gasteiger partial charge in [0.2, 0.25) is 17.7 Å². The van der Waals surface area contributed by atoms with Gasteiger partial charge in [0, 0.05) is 37.0 Å². The lowest BCUT2D eigenvalue weighted by Gasteiger charge is -2.34. The Morgan fingerprint density at radius 3 is 2.72 bits per heavy atom. The number of carbonyl (C=O) groups is 3. The number of nitrogens with zero attached hydrogens (tertiary/aromatic N) is 1. The molecule has 3 aliphatic heterocycles. The van der Waals surface area contributed by atoms with Crippen molar-refractivity contribution in [3.8, 4) is 0 Å². The Morgan fingerprint density at radius 1 is 1.22 bits per heavy atom. The van der Waals surface area contributed by atoms with Crippen LogP contribution in [0.25, 0.3) is 0 Å². The van der Waals surface area contributed by atoms with Crippen LogP contribution in [0.15, 0.2) is 30.4 Å². The first-order chi connectivity index (χ1) is 17.4. The first kappa shape index (κ1) is 25.2. The molecule has 2 bridgehead atoms. The molecule has 5 rings (SSSR count). The van der Waals surface area contributed by atoms with E-state index in [1.807, 2.05) is 25.1 Å². The minimum atomic E-state index is -1.15. The van der Waals surface area contributed by atoms with Gasteiger partial charge in [-0.2, -0.15) is 0 Å². The molecule has 3 heterocycles. The van der Waals surface area contributed by atoms with Crippen LogP contribution in [0.2, 0.25) is 5.02 Å². The Kier molecular flexibility index (Phi) is 7.12. The maximum Gasteiger partial charge on any atom is 0.246 e. The molecule has 2 saturated heterocycles. The van der Waals surface area contributed by atoms with Crippen LogP contribution < -0.4 is 10.6 Å². The summed E-state index contributed by atoms with van der Waals surface area (Å²) in [5.41, 5.74) is 0.315. The largest absolute Gasteiger partial charge is 0.385 e. The summed E-state index contributed by atoms with van der Waals surface area (Å²) in [6, 6.07) is 4.60. The van der Waals surface area contributed by atoms with E-state index in [0.29, 0.717) is 30.3 Å². The molecule has 1 spiro atoms. The molecule has 194 valence electrons.